The van der Waals surface area contributed by atoms with Crippen molar-refractivity contribution < 1.29 is 0 Å². The number of hydrogen-bond acceptors (Lipinski definition) is 4. The van der Waals surface area contributed by atoms with Crippen molar-refractivity contribution in [2.45, 2.75) is 30.8 Å². The molecular formula is C14H18Br2N4S. The van der Waals surface area contributed by atoms with Gasteiger partial charge in [0.15, 0.2) is 0 Å². The minimum Gasteiger partial charge on any atom is -0.271 e. The number of benzene rings is 1. The molecule has 4 nitrogen and oxygen atoms in total. The van der Waals surface area contributed by atoms with Crippen molar-refractivity contribution >= 4 is 43.6 Å². The molecule has 0 aliphatic heterocycles. The molecule has 1 unspecified atom stereocenters. The van der Waals surface area contributed by atoms with E-state index in [1.807, 2.05) is 23.0 Å². The molecule has 0 saturated carbocycles. The summed E-state index contributed by atoms with van der Waals surface area (Å²) >= 11 is 8.79. The summed E-state index contributed by atoms with van der Waals surface area (Å²) in [5, 5.41) is 4.40. The van der Waals surface area contributed by atoms with Crippen LogP contribution in [0.5, 0.6) is 0 Å². The van der Waals surface area contributed by atoms with Crippen LogP contribution in [0.1, 0.15) is 25.1 Å². The molecule has 114 valence electrons. The minimum absolute atomic E-state index is 0.0436. The second kappa shape index (κ2) is 8.33. The van der Waals surface area contributed by atoms with Crippen LogP contribution in [0.2, 0.25) is 0 Å². The van der Waals surface area contributed by atoms with E-state index < -0.39 is 0 Å². The van der Waals surface area contributed by atoms with E-state index in [1.165, 1.54) is 4.90 Å². The molecule has 1 atom stereocenters. The molecule has 3 N–H and O–H groups in total. The topological polar surface area (TPSA) is 55.9 Å². The number of halogens is 2. The number of aryl methyl sites for hydroxylation is 1. The van der Waals surface area contributed by atoms with E-state index in [1.54, 1.807) is 11.8 Å². The average molecular weight is 434 g/mol. The third-order valence-electron chi connectivity index (χ3n) is 3.03. The van der Waals surface area contributed by atoms with Gasteiger partial charge in [0.05, 0.1) is 22.4 Å². The van der Waals surface area contributed by atoms with Gasteiger partial charge in [-0.1, -0.05) is 22.9 Å². The summed E-state index contributed by atoms with van der Waals surface area (Å²) in [7, 11) is 0. The van der Waals surface area contributed by atoms with E-state index in [0.717, 1.165) is 33.4 Å². The van der Waals surface area contributed by atoms with Crippen molar-refractivity contribution in [3.8, 4) is 0 Å². The zero-order valence-electron chi connectivity index (χ0n) is 11.7. The molecule has 0 saturated heterocycles. The highest BCUT2D eigenvalue weighted by atomic mass is 79.9. The smallest absolute Gasteiger partial charge is 0.0734 e. The molecule has 1 heterocycles. The maximum atomic E-state index is 5.75. The molecule has 0 bridgehead atoms. The average Bonchev–Trinajstić information content (AvgIpc) is 2.84. The summed E-state index contributed by atoms with van der Waals surface area (Å²) in [5.74, 6) is 6.59. The first-order valence-electron chi connectivity index (χ1n) is 6.71. The van der Waals surface area contributed by atoms with E-state index in [9.17, 15) is 0 Å². The van der Waals surface area contributed by atoms with Crippen LogP contribution in [0.25, 0.3) is 0 Å². The molecule has 0 aliphatic rings. The number of rotatable bonds is 7. The summed E-state index contributed by atoms with van der Waals surface area (Å²) in [5.41, 5.74) is 4.01. The Morgan fingerprint density at radius 2 is 2.05 bits per heavy atom. The number of aromatic nitrogens is 2. The van der Waals surface area contributed by atoms with E-state index in [2.05, 4.69) is 61.4 Å². The fraction of sp³-hybridized carbons (Fsp3) is 0.357. The molecule has 0 amide bonds. The molecule has 7 heteroatoms. The number of hydrazine groups is 1. The maximum Gasteiger partial charge on any atom is 0.0734 e. The first kappa shape index (κ1) is 17.0. The van der Waals surface area contributed by atoms with E-state index in [0.29, 0.717) is 0 Å². The number of nitrogens with two attached hydrogens (primary N) is 1. The standard InChI is InChI=1S/C14H18Br2N4S/c1-2-7-20-14(12(16)8-18-20)13(19-17)9-21-11-5-3-10(15)4-6-11/h3-6,8,13,19H,2,7,9,17H2,1H3. The van der Waals surface area contributed by atoms with E-state index >= 15 is 0 Å². The number of thioether (sulfide) groups is 1. The number of nitrogens with one attached hydrogen (secondary N) is 1. The van der Waals surface area contributed by atoms with Gasteiger partial charge >= 0.3 is 0 Å². The Balaban J connectivity index is 2.09. The minimum atomic E-state index is 0.0436. The lowest BCUT2D eigenvalue weighted by Crippen LogP contribution is -2.31. The van der Waals surface area contributed by atoms with Gasteiger partial charge in [-0.05, 0) is 46.6 Å². The quantitative estimate of drug-likeness (QED) is 0.391. The molecule has 2 rings (SSSR count). The first-order valence-corrected chi connectivity index (χ1v) is 9.28. The molecule has 1 aromatic heterocycles. The van der Waals surface area contributed by atoms with Crippen LogP contribution in [-0.4, -0.2) is 15.5 Å². The SMILES string of the molecule is CCCn1ncc(Br)c1C(CSc1ccc(Br)cc1)NN. The Hall–Kier alpha value is -0.340. The van der Waals surface area contributed by atoms with Crippen molar-refractivity contribution in [3.63, 3.8) is 0 Å². The summed E-state index contributed by atoms with van der Waals surface area (Å²) in [6, 6.07) is 8.33. The van der Waals surface area contributed by atoms with Crippen LogP contribution in [-0.2, 0) is 6.54 Å². The molecule has 0 fully saturated rings. The second-order valence-corrected chi connectivity index (χ2v) is 7.45. The highest BCUT2D eigenvalue weighted by Crippen LogP contribution is 2.29. The third kappa shape index (κ3) is 4.56. The van der Waals surface area contributed by atoms with Crippen LogP contribution in [0, 0.1) is 0 Å². The van der Waals surface area contributed by atoms with Crippen molar-refractivity contribution in [2.24, 2.45) is 5.84 Å². The second-order valence-electron chi connectivity index (χ2n) is 4.59. The zero-order chi connectivity index (χ0) is 15.2. The Kier molecular flexibility index (Phi) is 6.75. The molecule has 0 spiro atoms. The zero-order valence-corrected chi connectivity index (χ0v) is 15.7. The number of hydrogen-bond donors (Lipinski definition) is 2. The molecule has 21 heavy (non-hydrogen) atoms. The van der Waals surface area contributed by atoms with Gasteiger partial charge in [0.1, 0.15) is 0 Å². The van der Waals surface area contributed by atoms with Crippen molar-refractivity contribution in [1.29, 1.82) is 0 Å². The van der Waals surface area contributed by atoms with Crippen molar-refractivity contribution in [2.75, 3.05) is 5.75 Å². The molecule has 0 aliphatic carbocycles. The molecule has 0 radical (unpaired) electrons. The van der Waals surface area contributed by atoms with Gasteiger partial charge in [-0.2, -0.15) is 5.10 Å². The van der Waals surface area contributed by atoms with Crippen LogP contribution in [0.4, 0.5) is 0 Å². The summed E-state index contributed by atoms with van der Waals surface area (Å²) < 4.78 is 4.09. The fourth-order valence-corrected chi connectivity index (χ4v) is 3.80. The van der Waals surface area contributed by atoms with Crippen LogP contribution < -0.4 is 11.3 Å². The van der Waals surface area contributed by atoms with E-state index in [4.69, 9.17) is 5.84 Å². The number of nitrogens with zero attached hydrogens (tertiary/aromatic N) is 2. The summed E-state index contributed by atoms with van der Waals surface area (Å²) in [6.07, 6.45) is 2.87. The van der Waals surface area contributed by atoms with Crippen LogP contribution >= 0.6 is 43.6 Å². The highest BCUT2D eigenvalue weighted by molar-refractivity contribution is 9.10. The first-order chi connectivity index (χ1) is 10.2. The van der Waals surface area contributed by atoms with Gasteiger partial charge in [0, 0.05) is 21.7 Å². The van der Waals surface area contributed by atoms with Gasteiger partial charge < -0.3 is 0 Å². The van der Waals surface area contributed by atoms with Gasteiger partial charge in [0.2, 0.25) is 0 Å². The van der Waals surface area contributed by atoms with Gasteiger partial charge in [-0.15, -0.1) is 11.8 Å². The highest BCUT2D eigenvalue weighted by Gasteiger charge is 2.19. The fourth-order valence-electron chi connectivity index (χ4n) is 2.02. The lowest BCUT2D eigenvalue weighted by molar-refractivity contribution is 0.507. The third-order valence-corrected chi connectivity index (χ3v) is 5.28. The van der Waals surface area contributed by atoms with Crippen molar-refractivity contribution in [3.05, 3.63) is 45.1 Å². The Bertz CT molecular complexity index is 571. The van der Waals surface area contributed by atoms with Crippen LogP contribution in [0.3, 0.4) is 0 Å². The van der Waals surface area contributed by atoms with E-state index in [-0.39, 0.29) is 6.04 Å². The molecule has 2 aromatic rings. The van der Waals surface area contributed by atoms with Crippen LogP contribution in [0.15, 0.2) is 44.3 Å². The monoisotopic (exact) mass is 432 g/mol. The van der Waals surface area contributed by atoms with Gasteiger partial charge in [-0.25, -0.2) is 0 Å². The lowest BCUT2D eigenvalue weighted by atomic mass is 10.2. The normalized spacial score (nSPS) is 12.6. The summed E-state index contributed by atoms with van der Waals surface area (Å²) in [4.78, 5) is 1.22. The van der Waals surface area contributed by atoms with Gasteiger partial charge in [-0.3, -0.25) is 16.0 Å². The lowest BCUT2D eigenvalue weighted by Gasteiger charge is -2.18. The molecule has 1 aromatic carbocycles. The Labute approximate surface area is 146 Å². The Morgan fingerprint density at radius 1 is 1.33 bits per heavy atom. The predicted molar refractivity (Wildman–Crippen MR) is 95.1 cm³/mol. The maximum absolute atomic E-state index is 5.75. The largest absolute Gasteiger partial charge is 0.271 e. The van der Waals surface area contributed by atoms with Crippen molar-refractivity contribution in [1.82, 2.24) is 15.2 Å². The molecular weight excluding hydrogens is 416 g/mol. The summed E-state index contributed by atoms with van der Waals surface area (Å²) in [6.45, 7) is 3.03. The Morgan fingerprint density at radius 3 is 2.67 bits per heavy atom. The predicted octanol–water partition coefficient (Wildman–Crippen LogP) is 4.11. The van der Waals surface area contributed by atoms with Gasteiger partial charge in [0.25, 0.3) is 0 Å².